The SMILES string of the molecule is Cc1nc(C2(NCC(=O)NC(C)C(=O)N3CCCCC3)CCCC2)no1. The standard InChI is InChI=1S/C18H29N5O3/c1-13(16(25)23-10-6-3-7-11-23)20-15(24)12-19-18(8-4-5-9-18)17-21-14(2)26-22-17/h13,19H,3-12H2,1-2H3,(H,20,24). The van der Waals surface area contributed by atoms with E-state index in [0.717, 1.165) is 51.6 Å². The highest BCUT2D eigenvalue weighted by atomic mass is 16.5. The normalized spacial score (nSPS) is 20.8. The van der Waals surface area contributed by atoms with Crippen molar-refractivity contribution in [2.45, 2.75) is 70.4 Å². The van der Waals surface area contributed by atoms with E-state index in [2.05, 4.69) is 20.8 Å². The Morgan fingerprint density at radius 2 is 1.88 bits per heavy atom. The summed E-state index contributed by atoms with van der Waals surface area (Å²) in [5.74, 6) is 0.966. The molecule has 0 spiro atoms. The lowest BCUT2D eigenvalue weighted by Crippen LogP contribution is -2.52. The van der Waals surface area contributed by atoms with Gasteiger partial charge in [0.15, 0.2) is 5.82 Å². The maximum atomic E-state index is 12.4. The van der Waals surface area contributed by atoms with Crippen molar-refractivity contribution in [2.75, 3.05) is 19.6 Å². The molecule has 1 aliphatic carbocycles. The van der Waals surface area contributed by atoms with Crippen LogP contribution in [0.4, 0.5) is 0 Å². The van der Waals surface area contributed by atoms with Crippen LogP contribution in [0.25, 0.3) is 0 Å². The predicted octanol–water partition coefficient (Wildman–Crippen LogP) is 1.25. The van der Waals surface area contributed by atoms with Gasteiger partial charge in [-0.25, -0.2) is 0 Å². The molecule has 2 amide bonds. The van der Waals surface area contributed by atoms with E-state index in [1.54, 1.807) is 13.8 Å². The second kappa shape index (κ2) is 8.16. The van der Waals surface area contributed by atoms with Gasteiger partial charge >= 0.3 is 0 Å². The zero-order valence-electron chi connectivity index (χ0n) is 15.7. The summed E-state index contributed by atoms with van der Waals surface area (Å²) in [6, 6.07) is -0.505. The number of aryl methyl sites for hydroxylation is 1. The fourth-order valence-corrected chi connectivity index (χ4v) is 3.94. The molecule has 144 valence electrons. The summed E-state index contributed by atoms with van der Waals surface area (Å²) in [5.41, 5.74) is -0.408. The lowest BCUT2D eigenvalue weighted by atomic mass is 9.96. The number of hydrogen-bond donors (Lipinski definition) is 2. The maximum absolute atomic E-state index is 12.4. The zero-order chi connectivity index (χ0) is 18.6. The van der Waals surface area contributed by atoms with Crippen molar-refractivity contribution < 1.29 is 14.1 Å². The largest absolute Gasteiger partial charge is 0.343 e. The minimum Gasteiger partial charge on any atom is -0.343 e. The molecule has 1 aromatic heterocycles. The van der Waals surface area contributed by atoms with Gasteiger partial charge in [0.25, 0.3) is 0 Å². The van der Waals surface area contributed by atoms with Gasteiger partial charge in [0.1, 0.15) is 6.04 Å². The first-order valence-corrected chi connectivity index (χ1v) is 9.64. The average molecular weight is 363 g/mol. The van der Waals surface area contributed by atoms with Crippen LogP contribution in [0.2, 0.25) is 0 Å². The van der Waals surface area contributed by atoms with Crippen molar-refractivity contribution in [3.63, 3.8) is 0 Å². The van der Waals surface area contributed by atoms with E-state index in [0.29, 0.717) is 11.7 Å². The van der Waals surface area contributed by atoms with Gasteiger partial charge in [0.2, 0.25) is 17.7 Å². The first-order chi connectivity index (χ1) is 12.5. The van der Waals surface area contributed by atoms with Gasteiger partial charge in [-0.15, -0.1) is 0 Å². The van der Waals surface area contributed by atoms with Gasteiger partial charge in [-0.3, -0.25) is 14.9 Å². The minimum atomic E-state index is -0.505. The van der Waals surface area contributed by atoms with Gasteiger partial charge in [0.05, 0.1) is 12.1 Å². The Morgan fingerprint density at radius 1 is 1.19 bits per heavy atom. The van der Waals surface area contributed by atoms with Crippen LogP contribution in [0.15, 0.2) is 4.52 Å². The summed E-state index contributed by atoms with van der Waals surface area (Å²) in [5, 5.41) is 10.2. The molecule has 1 unspecified atom stereocenters. The summed E-state index contributed by atoms with van der Waals surface area (Å²) >= 11 is 0. The molecule has 2 aliphatic rings. The average Bonchev–Trinajstić information content (AvgIpc) is 3.30. The molecular formula is C18H29N5O3. The highest BCUT2D eigenvalue weighted by Crippen LogP contribution is 2.37. The molecule has 0 aromatic carbocycles. The molecule has 8 nitrogen and oxygen atoms in total. The van der Waals surface area contributed by atoms with Crippen LogP contribution in [0.1, 0.15) is 63.6 Å². The predicted molar refractivity (Wildman–Crippen MR) is 95.2 cm³/mol. The molecule has 1 saturated carbocycles. The maximum Gasteiger partial charge on any atom is 0.244 e. The number of aromatic nitrogens is 2. The quantitative estimate of drug-likeness (QED) is 0.789. The van der Waals surface area contributed by atoms with Crippen LogP contribution in [-0.2, 0) is 15.1 Å². The molecule has 0 bridgehead atoms. The Kier molecular flexibility index (Phi) is 5.90. The number of hydrogen-bond acceptors (Lipinski definition) is 6. The number of rotatable bonds is 6. The summed E-state index contributed by atoms with van der Waals surface area (Å²) in [6.07, 6.45) is 7.13. The number of carbonyl (C=O) groups excluding carboxylic acids is 2. The van der Waals surface area contributed by atoms with Gasteiger partial charge in [-0.1, -0.05) is 18.0 Å². The van der Waals surface area contributed by atoms with Crippen LogP contribution in [0.5, 0.6) is 0 Å². The summed E-state index contributed by atoms with van der Waals surface area (Å²) in [7, 11) is 0. The molecule has 8 heteroatoms. The van der Waals surface area contributed by atoms with E-state index < -0.39 is 11.6 Å². The second-order valence-electron chi connectivity index (χ2n) is 7.45. The van der Waals surface area contributed by atoms with Crippen LogP contribution in [-0.4, -0.2) is 52.5 Å². The van der Waals surface area contributed by atoms with E-state index in [1.165, 1.54) is 6.42 Å². The molecule has 1 aliphatic heterocycles. The third-order valence-electron chi connectivity index (χ3n) is 5.42. The molecule has 3 rings (SSSR count). The number of nitrogens with one attached hydrogen (secondary N) is 2. The van der Waals surface area contributed by atoms with Gasteiger partial charge < -0.3 is 14.7 Å². The van der Waals surface area contributed by atoms with Crippen molar-refractivity contribution in [1.29, 1.82) is 0 Å². The van der Waals surface area contributed by atoms with Crippen molar-refractivity contribution >= 4 is 11.8 Å². The van der Waals surface area contributed by atoms with Crippen LogP contribution < -0.4 is 10.6 Å². The molecule has 2 heterocycles. The Morgan fingerprint density at radius 3 is 2.50 bits per heavy atom. The first-order valence-electron chi connectivity index (χ1n) is 9.64. The number of likely N-dealkylation sites (tertiary alicyclic amines) is 1. The minimum absolute atomic E-state index is 0.00224. The van der Waals surface area contributed by atoms with Gasteiger partial charge in [-0.05, 0) is 39.0 Å². The molecule has 2 N–H and O–H groups in total. The molecule has 1 saturated heterocycles. The number of amides is 2. The smallest absolute Gasteiger partial charge is 0.244 e. The van der Waals surface area contributed by atoms with E-state index in [4.69, 9.17) is 4.52 Å². The van der Waals surface area contributed by atoms with Crippen molar-refractivity contribution in [3.8, 4) is 0 Å². The molecule has 26 heavy (non-hydrogen) atoms. The van der Waals surface area contributed by atoms with E-state index in [-0.39, 0.29) is 18.4 Å². The van der Waals surface area contributed by atoms with Crippen LogP contribution in [0.3, 0.4) is 0 Å². The second-order valence-corrected chi connectivity index (χ2v) is 7.45. The lowest BCUT2D eigenvalue weighted by molar-refractivity contribution is -0.136. The summed E-state index contributed by atoms with van der Waals surface area (Å²) in [4.78, 5) is 31.0. The van der Waals surface area contributed by atoms with E-state index >= 15 is 0 Å². The summed E-state index contributed by atoms with van der Waals surface area (Å²) in [6.45, 7) is 5.23. The van der Waals surface area contributed by atoms with Gasteiger partial charge in [-0.2, -0.15) is 4.98 Å². The monoisotopic (exact) mass is 363 g/mol. The summed E-state index contributed by atoms with van der Waals surface area (Å²) < 4.78 is 5.12. The van der Waals surface area contributed by atoms with E-state index in [1.807, 2.05) is 4.90 Å². The van der Waals surface area contributed by atoms with Crippen molar-refractivity contribution in [2.24, 2.45) is 0 Å². The Labute approximate surface area is 154 Å². The Hall–Kier alpha value is -1.96. The number of piperidine rings is 1. The van der Waals surface area contributed by atoms with Crippen LogP contribution in [0, 0.1) is 6.92 Å². The molecule has 1 aromatic rings. The van der Waals surface area contributed by atoms with E-state index in [9.17, 15) is 9.59 Å². The van der Waals surface area contributed by atoms with Gasteiger partial charge in [0, 0.05) is 20.0 Å². The Balaban J connectivity index is 1.53. The van der Waals surface area contributed by atoms with Crippen LogP contribution >= 0.6 is 0 Å². The number of carbonyl (C=O) groups is 2. The third kappa shape index (κ3) is 4.23. The fraction of sp³-hybridized carbons (Fsp3) is 0.778. The molecular weight excluding hydrogens is 334 g/mol. The molecule has 1 atom stereocenters. The van der Waals surface area contributed by atoms with Crippen molar-refractivity contribution in [1.82, 2.24) is 25.7 Å². The highest BCUT2D eigenvalue weighted by Gasteiger charge is 2.40. The topological polar surface area (TPSA) is 100 Å². The highest BCUT2D eigenvalue weighted by molar-refractivity contribution is 5.88. The lowest BCUT2D eigenvalue weighted by Gasteiger charge is -2.30. The van der Waals surface area contributed by atoms with Crippen molar-refractivity contribution in [3.05, 3.63) is 11.7 Å². The third-order valence-corrected chi connectivity index (χ3v) is 5.42. The fourth-order valence-electron chi connectivity index (χ4n) is 3.94. The Bertz CT molecular complexity index is 633. The first kappa shape index (κ1) is 18.8. The molecule has 0 radical (unpaired) electrons. The zero-order valence-corrected chi connectivity index (χ0v) is 15.7. The number of nitrogens with zero attached hydrogens (tertiary/aromatic N) is 3. The molecule has 2 fully saturated rings.